The quantitative estimate of drug-likeness (QED) is 0.792. The minimum Gasteiger partial charge on any atom is -0.355 e. The highest BCUT2D eigenvalue weighted by atomic mass is 35.5. The molecule has 0 spiro atoms. The Labute approximate surface area is 156 Å². The summed E-state index contributed by atoms with van der Waals surface area (Å²) in [6, 6.07) is 2.40. The first-order valence-electron chi connectivity index (χ1n) is 8.26. The van der Waals surface area contributed by atoms with Gasteiger partial charge in [-0.05, 0) is 25.0 Å². The van der Waals surface area contributed by atoms with Crippen LogP contribution in [-0.2, 0) is 4.79 Å². The van der Waals surface area contributed by atoms with Crippen LogP contribution in [0.25, 0.3) is 0 Å². The average Bonchev–Trinajstić information content (AvgIpc) is 3.00. The molecule has 2 aliphatic heterocycles. The highest BCUT2D eigenvalue weighted by molar-refractivity contribution is 6.35. The summed E-state index contributed by atoms with van der Waals surface area (Å²) in [5.74, 6) is 0.186. The van der Waals surface area contributed by atoms with Crippen molar-refractivity contribution in [2.75, 3.05) is 13.1 Å². The molecule has 1 fully saturated rings. The van der Waals surface area contributed by atoms with Gasteiger partial charge in [0.2, 0.25) is 0 Å². The van der Waals surface area contributed by atoms with Gasteiger partial charge in [0.05, 0.1) is 5.56 Å². The van der Waals surface area contributed by atoms with E-state index in [2.05, 4.69) is 15.3 Å². The molecule has 0 aromatic carbocycles. The van der Waals surface area contributed by atoms with E-state index in [-0.39, 0.29) is 22.2 Å². The second kappa shape index (κ2) is 7.17. The van der Waals surface area contributed by atoms with E-state index in [1.165, 1.54) is 4.90 Å². The first kappa shape index (κ1) is 17.9. The molecular formula is C16H19Cl2N5O2. The molecular weight excluding hydrogens is 365 g/mol. The summed E-state index contributed by atoms with van der Waals surface area (Å²) in [4.78, 5) is 36.9. The molecule has 0 radical (unpaired) electrons. The van der Waals surface area contributed by atoms with Crippen LogP contribution in [0.2, 0.25) is 10.3 Å². The van der Waals surface area contributed by atoms with Crippen LogP contribution in [0.3, 0.4) is 0 Å². The van der Waals surface area contributed by atoms with Gasteiger partial charge in [-0.15, -0.1) is 0 Å². The number of pyridine rings is 1. The molecule has 1 N–H and O–H groups in total. The Hall–Kier alpha value is -1.86. The molecule has 25 heavy (non-hydrogen) atoms. The summed E-state index contributed by atoms with van der Waals surface area (Å²) in [5, 5.41) is 3.59. The molecule has 3 amide bonds. The number of amides is 3. The smallest absolute Gasteiger partial charge is 0.328 e. The zero-order valence-corrected chi connectivity index (χ0v) is 15.5. The average molecular weight is 384 g/mol. The number of halogens is 2. The van der Waals surface area contributed by atoms with Crippen LogP contribution in [0, 0.1) is 0 Å². The standard InChI is InChI=1S/C16H19Cl2N5O2/c1-3-7-22-14-11(15(24)23(8-4-2)16(22)25)20-13(21-14)9-5-6-10(17)19-12(9)18/h5-6,11,14H,3-4,7-8H2,1-2H3,(H,20,21). The molecule has 9 heteroatoms. The third-order valence-electron chi connectivity index (χ3n) is 4.16. The molecule has 1 aromatic rings. The van der Waals surface area contributed by atoms with Crippen LogP contribution in [0.4, 0.5) is 4.79 Å². The van der Waals surface area contributed by atoms with E-state index >= 15 is 0 Å². The fourth-order valence-electron chi connectivity index (χ4n) is 3.07. The van der Waals surface area contributed by atoms with Crippen molar-refractivity contribution in [1.82, 2.24) is 20.1 Å². The lowest BCUT2D eigenvalue weighted by atomic mass is 10.1. The fourth-order valence-corrected chi connectivity index (χ4v) is 3.50. The minimum atomic E-state index is -0.613. The van der Waals surface area contributed by atoms with E-state index in [9.17, 15) is 9.59 Å². The number of hydrogen-bond donors (Lipinski definition) is 1. The van der Waals surface area contributed by atoms with E-state index in [4.69, 9.17) is 23.2 Å². The summed E-state index contributed by atoms with van der Waals surface area (Å²) in [6.45, 7) is 4.83. The van der Waals surface area contributed by atoms with Gasteiger partial charge in [0.25, 0.3) is 5.91 Å². The van der Waals surface area contributed by atoms with Crippen molar-refractivity contribution < 1.29 is 9.59 Å². The van der Waals surface area contributed by atoms with Gasteiger partial charge in [-0.2, -0.15) is 0 Å². The summed E-state index contributed by atoms with van der Waals surface area (Å²) < 4.78 is 0. The van der Waals surface area contributed by atoms with Crippen LogP contribution in [-0.4, -0.2) is 57.9 Å². The Kier molecular flexibility index (Phi) is 5.15. The van der Waals surface area contributed by atoms with Crippen molar-refractivity contribution in [1.29, 1.82) is 0 Å². The van der Waals surface area contributed by atoms with Gasteiger partial charge in [0.15, 0.2) is 6.17 Å². The third kappa shape index (κ3) is 3.18. The number of hydrogen-bond acceptors (Lipinski definition) is 5. The molecule has 134 valence electrons. The molecule has 3 heterocycles. The number of fused-ring (bicyclic) bond motifs is 1. The molecule has 7 nitrogen and oxygen atoms in total. The summed E-state index contributed by atoms with van der Waals surface area (Å²) in [6.07, 6.45) is 0.905. The van der Waals surface area contributed by atoms with Crippen LogP contribution >= 0.6 is 23.2 Å². The minimum absolute atomic E-state index is 0.198. The zero-order valence-electron chi connectivity index (χ0n) is 14.0. The topological polar surface area (TPSA) is 77.9 Å². The van der Waals surface area contributed by atoms with Gasteiger partial charge in [0.1, 0.15) is 22.2 Å². The maximum Gasteiger partial charge on any atom is 0.328 e. The van der Waals surface area contributed by atoms with E-state index in [0.29, 0.717) is 30.9 Å². The Morgan fingerprint density at radius 3 is 2.52 bits per heavy atom. The van der Waals surface area contributed by atoms with E-state index in [0.717, 1.165) is 6.42 Å². The van der Waals surface area contributed by atoms with Gasteiger partial charge in [-0.1, -0.05) is 37.0 Å². The monoisotopic (exact) mass is 383 g/mol. The lowest BCUT2D eigenvalue weighted by Gasteiger charge is -2.40. The Morgan fingerprint density at radius 1 is 1.16 bits per heavy atom. The zero-order chi connectivity index (χ0) is 18.1. The van der Waals surface area contributed by atoms with Crippen molar-refractivity contribution in [3.8, 4) is 0 Å². The SMILES string of the molecule is CCCN1C(=O)C2NC(c3ccc(Cl)nc3Cl)=NC2N(CCC)C1=O. The van der Waals surface area contributed by atoms with Crippen molar-refractivity contribution in [3.05, 3.63) is 28.0 Å². The van der Waals surface area contributed by atoms with Crippen molar-refractivity contribution in [2.24, 2.45) is 4.99 Å². The number of amidine groups is 1. The second-order valence-electron chi connectivity index (χ2n) is 5.95. The normalized spacial score (nSPS) is 22.8. The highest BCUT2D eigenvalue weighted by Gasteiger charge is 2.49. The first-order chi connectivity index (χ1) is 12.0. The van der Waals surface area contributed by atoms with E-state index in [1.807, 2.05) is 13.8 Å². The maximum atomic E-state index is 12.7. The number of carbonyl (C=O) groups excluding carboxylic acids is 2. The number of imide groups is 1. The Bertz CT molecular complexity index is 739. The van der Waals surface area contributed by atoms with Crippen LogP contribution in [0.1, 0.15) is 32.3 Å². The molecule has 0 saturated carbocycles. The molecule has 0 aliphatic carbocycles. The predicted octanol–water partition coefficient (Wildman–Crippen LogP) is 2.52. The molecule has 1 saturated heterocycles. The molecule has 0 bridgehead atoms. The molecule has 3 rings (SSSR count). The highest BCUT2D eigenvalue weighted by Crippen LogP contribution is 2.27. The van der Waals surface area contributed by atoms with Gasteiger partial charge in [0, 0.05) is 13.1 Å². The lowest BCUT2D eigenvalue weighted by Crippen LogP contribution is -2.65. The van der Waals surface area contributed by atoms with Crippen LogP contribution < -0.4 is 5.32 Å². The molecule has 2 aliphatic rings. The maximum absolute atomic E-state index is 12.7. The fraction of sp³-hybridized carbons (Fsp3) is 0.500. The van der Waals surface area contributed by atoms with Crippen molar-refractivity contribution in [3.63, 3.8) is 0 Å². The largest absolute Gasteiger partial charge is 0.355 e. The number of nitrogens with one attached hydrogen (secondary N) is 1. The number of aliphatic imine (C=N–C) groups is 1. The lowest BCUT2D eigenvalue weighted by molar-refractivity contribution is -0.134. The summed E-state index contributed by atoms with van der Waals surface area (Å²) >= 11 is 12.0. The number of urea groups is 1. The van der Waals surface area contributed by atoms with E-state index < -0.39 is 12.2 Å². The van der Waals surface area contributed by atoms with Crippen LogP contribution in [0.5, 0.6) is 0 Å². The number of aromatic nitrogens is 1. The second-order valence-corrected chi connectivity index (χ2v) is 6.70. The number of rotatable bonds is 5. The van der Waals surface area contributed by atoms with Gasteiger partial charge < -0.3 is 5.32 Å². The van der Waals surface area contributed by atoms with Gasteiger partial charge in [-0.25, -0.2) is 14.8 Å². The predicted molar refractivity (Wildman–Crippen MR) is 95.9 cm³/mol. The number of nitrogens with zero attached hydrogens (tertiary/aromatic N) is 4. The molecule has 2 atom stereocenters. The molecule has 1 aromatic heterocycles. The number of carbonyl (C=O) groups is 2. The summed E-state index contributed by atoms with van der Waals surface area (Å²) in [5.41, 5.74) is 0.555. The molecule has 2 unspecified atom stereocenters. The first-order valence-corrected chi connectivity index (χ1v) is 9.02. The Morgan fingerprint density at radius 2 is 1.88 bits per heavy atom. The third-order valence-corrected chi connectivity index (χ3v) is 4.66. The summed E-state index contributed by atoms with van der Waals surface area (Å²) in [7, 11) is 0. The van der Waals surface area contributed by atoms with Crippen LogP contribution in [0.15, 0.2) is 17.1 Å². The van der Waals surface area contributed by atoms with E-state index in [1.54, 1.807) is 17.0 Å². The van der Waals surface area contributed by atoms with Gasteiger partial charge in [-0.3, -0.25) is 14.6 Å². The van der Waals surface area contributed by atoms with Gasteiger partial charge >= 0.3 is 6.03 Å². The van der Waals surface area contributed by atoms with Crippen molar-refractivity contribution >= 4 is 41.0 Å². The Balaban J connectivity index is 1.96. The van der Waals surface area contributed by atoms with Crippen molar-refractivity contribution in [2.45, 2.75) is 38.9 Å².